The van der Waals surface area contributed by atoms with Crippen molar-refractivity contribution in [3.8, 4) is 0 Å². The van der Waals surface area contributed by atoms with E-state index in [9.17, 15) is 4.79 Å². The predicted octanol–water partition coefficient (Wildman–Crippen LogP) is 4.15. The summed E-state index contributed by atoms with van der Waals surface area (Å²) in [5.74, 6) is 0. The van der Waals surface area contributed by atoms with E-state index in [-0.39, 0.29) is 5.41 Å². The van der Waals surface area contributed by atoms with E-state index < -0.39 is 6.03 Å². The van der Waals surface area contributed by atoms with Gasteiger partial charge >= 0.3 is 6.03 Å². The van der Waals surface area contributed by atoms with Gasteiger partial charge in [-0.25, -0.2) is 4.79 Å². The highest BCUT2D eigenvalue weighted by Gasteiger charge is 2.15. The van der Waals surface area contributed by atoms with Crippen molar-refractivity contribution in [2.75, 3.05) is 10.6 Å². The maximum atomic E-state index is 10.8. The molecule has 2 aromatic rings. The van der Waals surface area contributed by atoms with Crippen LogP contribution in [0, 0.1) is 0 Å². The Morgan fingerprint density at radius 3 is 2.52 bits per heavy atom. The molecule has 0 aliphatic carbocycles. The Balaban J connectivity index is 2.00. The molecule has 0 bridgehead atoms. The minimum atomic E-state index is -0.555. The van der Waals surface area contributed by atoms with Crippen LogP contribution in [0.5, 0.6) is 0 Å². The lowest BCUT2D eigenvalue weighted by molar-refractivity contribution is 0.259. The zero-order valence-electron chi connectivity index (χ0n) is 12.6. The molecule has 0 unspecified atom stereocenters. The number of rotatable bonds is 4. The molecule has 112 valence electrons. The molecule has 21 heavy (non-hydrogen) atoms. The second-order valence-electron chi connectivity index (χ2n) is 5.94. The van der Waals surface area contributed by atoms with Gasteiger partial charge in [0.1, 0.15) is 0 Å². The predicted molar refractivity (Wildman–Crippen MR) is 90.0 cm³/mol. The molecule has 0 aliphatic rings. The first kappa shape index (κ1) is 15.4. The van der Waals surface area contributed by atoms with Gasteiger partial charge in [-0.15, -0.1) is 11.3 Å². The Kier molecular flexibility index (Phi) is 4.53. The Bertz CT molecular complexity index is 628. The van der Waals surface area contributed by atoms with Gasteiger partial charge in [0.15, 0.2) is 0 Å². The lowest BCUT2D eigenvalue weighted by atomic mass is 9.95. The standard InChI is InChI=1S/C16H21N3OS/c1-16(2,3)14-8-7-13(21-14)10-18-11-5-4-6-12(9-11)19-15(17)20/h4-9,18H,10H2,1-3H3,(H3,17,19,20). The van der Waals surface area contributed by atoms with Gasteiger partial charge in [0, 0.05) is 27.7 Å². The van der Waals surface area contributed by atoms with Crippen molar-refractivity contribution in [3.63, 3.8) is 0 Å². The van der Waals surface area contributed by atoms with Crippen LogP contribution in [-0.2, 0) is 12.0 Å². The minimum Gasteiger partial charge on any atom is -0.380 e. The van der Waals surface area contributed by atoms with E-state index in [1.165, 1.54) is 9.75 Å². The lowest BCUT2D eigenvalue weighted by Gasteiger charge is -2.15. The summed E-state index contributed by atoms with van der Waals surface area (Å²) < 4.78 is 0. The van der Waals surface area contributed by atoms with Crippen LogP contribution >= 0.6 is 11.3 Å². The van der Waals surface area contributed by atoms with Crippen molar-refractivity contribution >= 4 is 28.7 Å². The summed E-state index contributed by atoms with van der Waals surface area (Å²) in [6, 6.07) is 11.3. The Morgan fingerprint density at radius 2 is 1.90 bits per heavy atom. The zero-order chi connectivity index (χ0) is 15.5. The molecular formula is C16H21N3OS. The molecule has 5 heteroatoms. The number of primary amides is 1. The number of amides is 2. The third kappa shape index (κ3) is 4.49. The topological polar surface area (TPSA) is 67.2 Å². The number of urea groups is 1. The summed E-state index contributed by atoms with van der Waals surface area (Å²) in [4.78, 5) is 13.5. The summed E-state index contributed by atoms with van der Waals surface area (Å²) in [5, 5.41) is 5.93. The number of nitrogens with two attached hydrogens (primary N) is 1. The Hall–Kier alpha value is -2.01. The van der Waals surface area contributed by atoms with E-state index in [2.05, 4.69) is 43.5 Å². The fraction of sp³-hybridized carbons (Fsp3) is 0.312. The molecule has 2 amide bonds. The fourth-order valence-electron chi connectivity index (χ4n) is 1.91. The van der Waals surface area contributed by atoms with Crippen LogP contribution in [0.25, 0.3) is 0 Å². The van der Waals surface area contributed by atoms with Gasteiger partial charge in [0.2, 0.25) is 0 Å². The minimum absolute atomic E-state index is 0.189. The van der Waals surface area contributed by atoms with Crippen LogP contribution in [-0.4, -0.2) is 6.03 Å². The summed E-state index contributed by atoms with van der Waals surface area (Å²) in [5.41, 5.74) is 6.94. The summed E-state index contributed by atoms with van der Waals surface area (Å²) in [6.45, 7) is 7.42. The molecule has 0 fully saturated rings. The third-order valence-corrected chi connectivity index (χ3v) is 4.51. The van der Waals surface area contributed by atoms with E-state index in [1.54, 1.807) is 6.07 Å². The highest BCUT2D eigenvalue weighted by atomic mass is 32.1. The maximum Gasteiger partial charge on any atom is 0.316 e. The molecular weight excluding hydrogens is 282 g/mol. The van der Waals surface area contributed by atoms with E-state index >= 15 is 0 Å². The van der Waals surface area contributed by atoms with Crippen molar-refractivity contribution in [1.82, 2.24) is 0 Å². The molecule has 4 nitrogen and oxygen atoms in total. The largest absolute Gasteiger partial charge is 0.380 e. The Labute approximate surface area is 129 Å². The molecule has 2 rings (SSSR count). The first-order valence-corrected chi connectivity index (χ1v) is 7.66. The SMILES string of the molecule is CC(C)(C)c1ccc(CNc2cccc(NC(N)=O)c2)s1. The van der Waals surface area contributed by atoms with E-state index in [1.807, 2.05) is 29.5 Å². The van der Waals surface area contributed by atoms with Crippen LogP contribution in [0.1, 0.15) is 30.5 Å². The Morgan fingerprint density at radius 1 is 1.19 bits per heavy atom. The number of carbonyl (C=O) groups excluding carboxylic acids is 1. The van der Waals surface area contributed by atoms with Gasteiger partial charge in [0.25, 0.3) is 0 Å². The van der Waals surface area contributed by atoms with Gasteiger partial charge < -0.3 is 16.4 Å². The number of thiophene rings is 1. The van der Waals surface area contributed by atoms with Gasteiger partial charge in [-0.3, -0.25) is 0 Å². The smallest absolute Gasteiger partial charge is 0.316 e. The maximum absolute atomic E-state index is 10.8. The van der Waals surface area contributed by atoms with Gasteiger partial charge in [-0.05, 0) is 35.7 Å². The first-order chi connectivity index (χ1) is 9.84. The van der Waals surface area contributed by atoms with Crippen molar-refractivity contribution in [3.05, 3.63) is 46.2 Å². The first-order valence-electron chi connectivity index (χ1n) is 6.84. The van der Waals surface area contributed by atoms with Crippen LogP contribution in [0.4, 0.5) is 16.2 Å². The summed E-state index contributed by atoms with van der Waals surface area (Å²) >= 11 is 1.82. The summed E-state index contributed by atoms with van der Waals surface area (Å²) in [6.07, 6.45) is 0. The second-order valence-corrected chi connectivity index (χ2v) is 7.11. The molecule has 1 heterocycles. The van der Waals surface area contributed by atoms with Crippen molar-refractivity contribution in [2.45, 2.75) is 32.7 Å². The van der Waals surface area contributed by atoms with Gasteiger partial charge in [-0.2, -0.15) is 0 Å². The monoisotopic (exact) mass is 303 g/mol. The van der Waals surface area contributed by atoms with Crippen LogP contribution in [0.2, 0.25) is 0 Å². The molecule has 0 aliphatic heterocycles. The van der Waals surface area contributed by atoms with E-state index in [0.717, 1.165) is 12.2 Å². The molecule has 4 N–H and O–H groups in total. The molecule has 1 aromatic heterocycles. The zero-order valence-corrected chi connectivity index (χ0v) is 13.4. The van der Waals surface area contributed by atoms with Crippen molar-refractivity contribution in [2.24, 2.45) is 5.73 Å². The third-order valence-electron chi connectivity index (χ3n) is 3.00. The molecule has 0 saturated carbocycles. The fourth-order valence-corrected chi connectivity index (χ4v) is 2.92. The highest BCUT2D eigenvalue weighted by molar-refractivity contribution is 7.12. The van der Waals surface area contributed by atoms with Crippen LogP contribution in [0.15, 0.2) is 36.4 Å². The van der Waals surface area contributed by atoms with E-state index in [0.29, 0.717) is 5.69 Å². The quantitative estimate of drug-likeness (QED) is 0.794. The number of nitrogens with one attached hydrogen (secondary N) is 2. The van der Waals surface area contributed by atoms with Gasteiger partial charge in [-0.1, -0.05) is 26.8 Å². The molecule has 0 atom stereocenters. The second kappa shape index (κ2) is 6.18. The number of benzene rings is 1. The average molecular weight is 303 g/mol. The number of hydrogen-bond donors (Lipinski definition) is 3. The van der Waals surface area contributed by atoms with E-state index in [4.69, 9.17) is 5.73 Å². The van der Waals surface area contributed by atoms with Crippen LogP contribution < -0.4 is 16.4 Å². The molecule has 0 spiro atoms. The number of hydrogen-bond acceptors (Lipinski definition) is 3. The molecule has 1 aromatic carbocycles. The molecule has 0 radical (unpaired) electrons. The van der Waals surface area contributed by atoms with Crippen LogP contribution in [0.3, 0.4) is 0 Å². The summed E-state index contributed by atoms with van der Waals surface area (Å²) in [7, 11) is 0. The number of anilines is 2. The molecule has 0 saturated heterocycles. The lowest BCUT2D eigenvalue weighted by Crippen LogP contribution is -2.19. The van der Waals surface area contributed by atoms with Gasteiger partial charge in [0.05, 0.1) is 0 Å². The normalized spacial score (nSPS) is 11.2. The number of carbonyl (C=O) groups is 1. The van der Waals surface area contributed by atoms with Crippen molar-refractivity contribution < 1.29 is 4.79 Å². The highest BCUT2D eigenvalue weighted by Crippen LogP contribution is 2.29. The van der Waals surface area contributed by atoms with Crippen molar-refractivity contribution in [1.29, 1.82) is 0 Å². The average Bonchev–Trinajstić information content (AvgIpc) is 2.84.